The largest absolute Gasteiger partial charge is 0.303 e. The number of likely N-dealkylation sites (tertiary alicyclic amines) is 1. The van der Waals surface area contributed by atoms with Crippen LogP contribution in [0.4, 0.5) is 0 Å². The predicted octanol–water partition coefficient (Wildman–Crippen LogP) is 5.46. The molecule has 0 spiro atoms. The van der Waals surface area contributed by atoms with Crippen molar-refractivity contribution in [3.05, 3.63) is 71.8 Å². The third kappa shape index (κ3) is 4.16. The zero-order valence-electron chi connectivity index (χ0n) is 16.9. The molecule has 0 aromatic heterocycles. The summed E-state index contributed by atoms with van der Waals surface area (Å²) >= 11 is 0. The lowest BCUT2D eigenvalue weighted by atomic mass is 9.63. The van der Waals surface area contributed by atoms with Crippen molar-refractivity contribution in [1.82, 2.24) is 4.90 Å². The smallest absolute Gasteiger partial charge is 0.147 e. The zero-order valence-corrected chi connectivity index (χ0v) is 16.9. The average Bonchev–Trinajstić information content (AvgIpc) is 2.98. The van der Waals surface area contributed by atoms with Crippen LogP contribution in [-0.4, -0.2) is 30.3 Å². The van der Waals surface area contributed by atoms with Crippen molar-refractivity contribution in [2.24, 2.45) is 5.92 Å². The van der Waals surface area contributed by atoms with Gasteiger partial charge in [0.25, 0.3) is 0 Å². The van der Waals surface area contributed by atoms with E-state index < -0.39 is 5.41 Å². The van der Waals surface area contributed by atoms with Gasteiger partial charge in [-0.25, -0.2) is 0 Å². The van der Waals surface area contributed by atoms with Crippen molar-refractivity contribution in [3.63, 3.8) is 0 Å². The van der Waals surface area contributed by atoms with E-state index in [0.29, 0.717) is 12.2 Å². The first kappa shape index (κ1) is 19.8. The third-order valence-corrected chi connectivity index (χ3v) is 6.19. The maximum atomic E-state index is 13.6. The number of benzene rings is 2. The fraction of sp³-hybridized carbons (Fsp3) is 0.480. The summed E-state index contributed by atoms with van der Waals surface area (Å²) in [6.45, 7) is 7.56. The summed E-state index contributed by atoms with van der Waals surface area (Å²) in [7, 11) is 0. The Balaban J connectivity index is 2.06. The molecule has 0 bridgehead atoms. The van der Waals surface area contributed by atoms with Gasteiger partial charge in [0.1, 0.15) is 5.78 Å². The summed E-state index contributed by atoms with van der Waals surface area (Å²) < 4.78 is 0. The molecule has 1 aliphatic heterocycles. The fourth-order valence-corrected chi connectivity index (χ4v) is 4.86. The highest BCUT2D eigenvalue weighted by Gasteiger charge is 2.45. The molecule has 0 unspecified atom stereocenters. The molecule has 1 heterocycles. The van der Waals surface area contributed by atoms with E-state index in [2.05, 4.69) is 60.4 Å². The van der Waals surface area contributed by atoms with Crippen LogP contribution in [0.5, 0.6) is 0 Å². The topological polar surface area (TPSA) is 20.3 Å². The molecule has 1 fully saturated rings. The molecular weight excluding hydrogens is 330 g/mol. The van der Waals surface area contributed by atoms with Crippen molar-refractivity contribution in [2.75, 3.05) is 19.6 Å². The van der Waals surface area contributed by atoms with E-state index in [4.69, 9.17) is 0 Å². The van der Waals surface area contributed by atoms with Crippen LogP contribution in [0.3, 0.4) is 0 Å². The van der Waals surface area contributed by atoms with Crippen LogP contribution in [-0.2, 0) is 10.2 Å². The minimum atomic E-state index is -0.580. The lowest BCUT2D eigenvalue weighted by molar-refractivity contribution is -0.124. The van der Waals surface area contributed by atoms with Crippen molar-refractivity contribution in [2.45, 2.75) is 51.4 Å². The predicted molar refractivity (Wildman–Crippen MR) is 113 cm³/mol. The molecule has 1 saturated heterocycles. The van der Waals surface area contributed by atoms with E-state index in [1.54, 1.807) is 0 Å². The molecule has 2 aromatic rings. The summed E-state index contributed by atoms with van der Waals surface area (Å²) in [4.78, 5) is 16.2. The van der Waals surface area contributed by atoms with E-state index >= 15 is 0 Å². The van der Waals surface area contributed by atoms with Crippen LogP contribution in [0.25, 0.3) is 0 Å². The maximum absolute atomic E-state index is 13.6. The number of Topliss-reactive ketones (excluding diaryl/α,β-unsaturated/α-hetero) is 1. The Hall–Kier alpha value is -1.93. The van der Waals surface area contributed by atoms with Crippen molar-refractivity contribution < 1.29 is 4.79 Å². The minimum Gasteiger partial charge on any atom is -0.303 e. The number of carbonyl (C=O) groups excluding carboxylic acids is 1. The molecule has 0 saturated carbocycles. The first-order valence-corrected chi connectivity index (χ1v) is 10.6. The second-order valence-corrected chi connectivity index (χ2v) is 7.93. The second-order valence-electron chi connectivity index (χ2n) is 7.93. The Bertz CT molecular complexity index is 662. The molecule has 0 radical (unpaired) electrons. The Morgan fingerprint density at radius 3 is 1.81 bits per heavy atom. The number of hydrogen-bond acceptors (Lipinski definition) is 2. The molecule has 0 aliphatic carbocycles. The van der Waals surface area contributed by atoms with E-state index in [1.807, 2.05) is 19.1 Å². The van der Waals surface area contributed by atoms with Crippen LogP contribution in [0, 0.1) is 5.92 Å². The number of rotatable bonds is 7. The first-order chi connectivity index (χ1) is 13.2. The standard InChI is InChI=1S/C25H33NO/c1-3-24(27)25(22-14-8-6-9-15-22,23-16-10-7-11-17-23)21(2)20-26-18-12-4-5-13-19-26/h6-11,14-17,21H,3-5,12-13,18-20H2,1-2H3/t21-/m0/s1. The van der Waals surface area contributed by atoms with E-state index in [-0.39, 0.29) is 5.92 Å². The number of nitrogens with zero attached hydrogens (tertiary/aromatic N) is 1. The van der Waals surface area contributed by atoms with Crippen LogP contribution >= 0.6 is 0 Å². The zero-order chi connectivity index (χ0) is 19.1. The van der Waals surface area contributed by atoms with Crippen LogP contribution < -0.4 is 0 Å². The van der Waals surface area contributed by atoms with Crippen LogP contribution in [0.2, 0.25) is 0 Å². The van der Waals surface area contributed by atoms with Crippen LogP contribution in [0.15, 0.2) is 60.7 Å². The highest BCUT2D eigenvalue weighted by atomic mass is 16.1. The highest BCUT2D eigenvalue weighted by molar-refractivity contribution is 5.94. The van der Waals surface area contributed by atoms with Crippen molar-refractivity contribution in [1.29, 1.82) is 0 Å². The van der Waals surface area contributed by atoms with Gasteiger partial charge in [0.05, 0.1) is 5.41 Å². The van der Waals surface area contributed by atoms with Gasteiger partial charge in [0.15, 0.2) is 0 Å². The fourth-order valence-electron chi connectivity index (χ4n) is 4.86. The van der Waals surface area contributed by atoms with E-state index in [1.165, 1.54) is 25.7 Å². The monoisotopic (exact) mass is 363 g/mol. The van der Waals surface area contributed by atoms with Gasteiger partial charge in [-0.3, -0.25) is 4.79 Å². The molecule has 2 heteroatoms. The average molecular weight is 364 g/mol. The van der Waals surface area contributed by atoms with Gasteiger partial charge in [-0.05, 0) is 43.0 Å². The summed E-state index contributed by atoms with van der Waals surface area (Å²) in [6.07, 6.45) is 5.77. The first-order valence-electron chi connectivity index (χ1n) is 10.6. The van der Waals surface area contributed by atoms with Gasteiger partial charge < -0.3 is 4.90 Å². The van der Waals surface area contributed by atoms with Gasteiger partial charge in [-0.2, -0.15) is 0 Å². The summed E-state index contributed by atoms with van der Waals surface area (Å²) in [5.41, 5.74) is 1.68. The van der Waals surface area contributed by atoms with Gasteiger partial charge in [-0.1, -0.05) is 87.4 Å². The quantitative estimate of drug-likeness (QED) is 0.651. The van der Waals surface area contributed by atoms with Crippen LogP contribution in [0.1, 0.15) is 57.1 Å². The van der Waals surface area contributed by atoms with Gasteiger partial charge in [0.2, 0.25) is 0 Å². The summed E-state index contributed by atoms with van der Waals surface area (Å²) in [5, 5.41) is 0. The number of ketones is 1. The molecule has 27 heavy (non-hydrogen) atoms. The Kier molecular flexibility index (Phi) is 6.84. The Morgan fingerprint density at radius 1 is 0.889 bits per heavy atom. The highest BCUT2D eigenvalue weighted by Crippen LogP contribution is 2.41. The van der Waals surface area contributed by atoms with E-state index in [0.717, 1.165) is 30.8 Å². The summed E-state index contributed by atoms with van der Waals surface area (Å²) in [6, 6.07) is 20.9. The molecule has 2 aromatic carbocycles. The molecular formula is C25H33NO. The number of hydrogen-bond donors (Lipinski definition) is 0. The number of carbonyl (C=O) groups is 1. The van der Waals surface area contributed by atoms with E-state index in [9.17, 15) is 4.79 Å². The molecule has 0 N–H and O–H groups in total. The Morgan fingerprint density at radius 2 is 1.37 bits per heavy atom. The SMILES string of the molecule is CCC(=O)C(c1ccccc1)(c1ccccc1)[C@@H](C)CN1CCCCCC1. The normalized spacial score (nSPS) is 17.3. The second kappa shape index (κ2) is 9.32. The maximum Gasteiger partial charge on any atom is 0.147 e. The molecule has 3 rings (SSSR count). The third-order valence-electron chi connectivity index (χ3n) is 6.19. The van der Waals surface area contributed by atoms with Crippen molar-refractivity contribution in [3.8, 4) is 0 Å². The minimum absolute atomic E-state index is 0.216. The molecule has 2 nitrogen and oxygen atoms in total. The molecule has 1 aliphatic rings. The van der Waals surface area contributed by atoms with Gasteiger partial charge in [-0.15, -0.1) is 0 Å². The Labute approximate surface area is 164 Å². The molecule has 1 atom stereocenters. The van der Waals surface area contributed by atoms with Crippen molar-refractivity contribution >= 4 is 5.78 Å². The lowest BCUT2D eigenvalue weighted by Gasteiger charge is -2.41. The lowest BCUT2D eigenvalue weighted by Crippen LogP contribution is -2.47. The van der Waals surface area contributed by atoms with Gasteiger partial charge >= 0.3 is 0 Å². The molecule has 0 amide bonds. The molecule has 144 valence electrons. The summed E-state index contributed by atoms with van der Waals surface area (Å²) in [5.74, 6) is 0.537. The van der Waals surface area contributed by atoms with Gasteiger partial charge in [0, 0.05) is 13.0 Å².